The van der Waals surface area contributed by atoms with Crippen molar-refractivity contribution in [3.05, 3.63) is 70.0 Å². The van der Waals surface area contributed by atoms with Gasteiger partial charge in [0.25, 0.3) is 0 Å². The monoisotopic (exact) mass is 589 g/mol. The molecule has 1 aliphatic carbocycles. The van der Waals surface area contributed by atoms with E-state index < -0.39 is 6.10 Å². The van der Waals surface area contributed by atoms with E-state index in [1.807, 2.05) is 31.3 Å². The van der Waals surface area contributed by atoms with Gasteiger partial charge in [-0.2, -0.15) is 0 Å². The van der Waals surface area contributed by atoms with Crippen molar-refractivity contribution in [2.45, 2.75) is 51.2 Å². The number of hydrogen-bond acceptors (Lipinski definition) is 7. The Labute approximate surface area is 252 Å². The molecule has 10 nitrogen and oxygen atoms in total. The molecule has 1 aliphatic heterocycles. The number of benzene rings is 2. The summed E-state index contributed by atoms with van der Waals surface area (Å²) in [6.07, 6.45) is 4.70. The molecular formula is C33H43N5O5. The number of amides is 2. The number of carbonyl (C=O) groups is 2. The number of H-pyrrole nitrogens is 1. The number of anilines is 1. The second-order valence-electron chi connectivity index (χ2n) is 12.1. The van der Waals surface area contributed by atoms with Crippen LogP contribution in [0.4, 0.5) is 5.69 Å². The van der Waals surface area contributed by atoms with Gasteiger partial charge in [-0.3, -0.25) is 14.4 Å². The fourth-order valence-electron chi connectivity index (χ4n) is 6.50. The van der Waals surface area contributed by atoms with Gasteiger partial charge in [-0.25, -0.2) is 0 Å². The van der Waals surface area contributed by atoms with Crippen molar-refractivity contribution in [1.82, 2.24) is 20.1 Å². The maximum Gasteiger partial charge on any atom is 0.248 e. The molecule has 43 heavy (non-hydrogen) atoms. The smallest absolute Gasteiger partial charge is 0.248 e. The first-order chi connectivity index (χ1) is 20.8. The third kappa shape index (κ3) is 8.01. The fourth-order valence-corrected chi connectivity index (χ4v) is 6.50. The van der Waals surface area contributed by atoms with Gasteiger partial charge in [0.2, 0.25) is 17.4 Å². The van der Waals surface area contributed by atoms with Gasteiger partial charge in [0.1, 0.15) is 5.75 Å². The molecule has 3 atom stereocenters. The van der Waals surface area contributed by atoms with Crippen molar-refractivity contribution in [2.75, 3.05) is 45.1 Å². The van der Waals surface area contributed by atoms with Crippen LogP contribution < -0.4 is 16.2 Å². The second kappa shape index (κ2) is 14.2. The van der Waals surface area contributed by atoms with E-state index in [1.54, 1.807) is 17.0 Å². The largest absolute Gasteiger partial charge is 0.506 e. The van der Waals surface area contributed by atoms with Crippen LogP contribution >= 0.6 is 0 Å². The summed E-state index contributed by atoms with van der Waals surface area (Å²) in [5, 5.41) is 27.5. The lowest BCUT2D eigenvalue weighted by molar-refractivity contribution is -0.130. The Morgan fingerprint density at radius 3 is 2.53 bits per heavy atom. The van der Waals surface area contributed by atoms with Crippen molar-refractivity contribution in [3.63, 3.8) is 0 Å². The zero-order valence-electron chi connectivity index (χ0n) is 24.8. The van der Waals surface area contributed by atoms with E-state index >= 15 is 0 Å². The quantitative estimate of drug-likeness (QED) is 0.206. The Morgan fingerprint density at radius 2 is 1.79 bits per heavy atom. The van der Waals surface area contributed by atoms with Crippen LogP contribution in [0.2, 0.25) is 0 Å². The number of aromatic amines is 1. The minimum atomic E-state index is -0.841. The Bertz CT molecular complexity index is 1460. The number of likely N-dealkylation sites (tertiary alicyclic amines) is 1. The molecule has 1 saturated carbocycles. The average Bonchev–Trinajstić information content (AvgIpc) is 3.59. The molecule has 2 unspecified atom stereocenters. The van der Waals surface area contributed by atoms with Crippen LogP contribution in [0.15, 0.2) is 53.3 Å². The van der Waals surface area contributed by atoms with Gasteiger partial charge in [-0.1, -0.05) is 24.6 Å². The van der Waals surface area contributed by atoms with Gasteiger partial charge in [0.05, 0.1) is 11.6 Å². The van der Waals surface area contributed by atoms with Crippen molar-refractivity contribution >= 4 is 28.4 Å². The SMILES string of the molecule is CN(CCCC(=O)Nc1ccc(CNC[C@H](O)c2ccc(O)c3[nH]c(=O)ccc23)cc1)C(=O)CCN1CC2CCCC2C1. The third-order valence-corrected chi connectivity index (χ3v) is 8.94. The Kier molecular flexibility index (Phi) is 10.1. The van der Waals surface area contributed by atoms with Crippen LogP contribution in [0.3, 0.4) is 0 Å². The number of aliphatic hydroxyl groups is 1. The standard InChI is InChI=1S/C33H43N5O5/c1-37(32(43)15-17-38-20-23-4-2-5-24(23)21-38)16-3-6-30(41)35-25-9-7-22(8-10-25)18-34-19-29(40)26-11-13-28(39)33-27(26)12-14-31(42)36-33/h7-14,23-24,29,34,39-40H,2-6,15-21H2,1H3,(H,35,41)(H,36,42)/t23?,24?,29-/m0/s1. The minimum Gasteiger partial charge on any atom is -0.506 e. The zero-order valence-corrected chi connectivity index (χ0v) is 24.8. The van der Waals surface area contributed by atoms with Crippen LogP contribution in [-0.2, 0) is 16.1 Å². The maximum atomic E-state index is 12.6. The third-order valence-electron chi connectivity index (χ3n) is 8.94. The molecule has 1 aromatic heterocycles. The first-order valence-corrected chi connectivity index (χ1v) is 15.4. The molecule has 3 aromatic rings. The summed E-state index contributed by atoms with van der Waals surface area (Å²) >= 11 is 0. The highest BCUT2D eigenvalue weighted by atomic mass is 16.3. The van der Waals surface area contributed by atoms with Crippen molar-refractivity contribution in [3.8, 4) is 5.75 Å². The molecule has 2 amide bonds. The molecule has 5 rings (SSSR count). The van der Waals surface area contributed by atoms with E-state index in [4.69, 9.17) is 0 Å². The first kappa shape index (κ1) is 30.7. The highest BCUT2D eigenvalue weighted by Crippen LogP contribution is 2.37. The van der Waals surface area contributed by atoms with Crippen molar-refractivity contribution < 1.29 is 19.8 Å². The lowest BCUT2D eigenvalue weighted by Gasteiger charge is -2.20. The van der Waals surface area contributed by atoms with Gasteiger partial charge in [0, 0.05) is 76.3 Å². The molecular weight excluding hydrogens is 546 g/mol. The molecule has 0 bridgehead atoms. The molecule has 2 heterocycles. The normalized spacial score (nSPS) is 18.9. The average molecular weight is 590 g/mol. The van der Waals surface area contributed by atoms with Gasteiger partial charge in [-0.15, -0.1) is 0 Å². The summed E-state index contributed by atoms with van der Waals surface area (Å²) in [5.41, 5.74) is 2.28. The number of aromatic nitrogens is 1. The molecule has 2 fully saturated rings. The van der Waals surface area contributed by atoms with Crippen molar-refractivity contribution in [1.29, 1.82) is 0 Å². The minimum absolute atomic E-state index is 0.0454. The number of hydrogen-bond donors (Lipinski definition) is 5. The van der Waals surface area contributed by atoms with Gasteiger partial charge in [-0.05, 0) is 66.5 Å². The van der Waals surface area contributed by atoms with Crippen LogP contribution in [0, 0.1) is 11.8 Å². The molecule has 0 radical (unpaired) electrons. The molecule has 1 saturated heterocycles. The summed E-state index contributed by atoms with van der Waals surface area (Å²) in [6.45, 7) is 4.47. The molecule has 10 heteroatoms. The van der Waals surface area contributed by atoms with E-state index in [9.17, 15) is 24.6 Å². The maximum absolute atomic E-state index is 12.6. The number of nitrogens with zero attached hydrogens (tertiary/aromatic N) is 2. The number of carbonyl (C=O) groups excluding carboxylic acids is 2. The number of phenolic OH excluding ortho intramolecular Hbond substituents is 1. The van der Waals surface area contributed by atoms with Crippen LogP contribution in [0.5, 0.6) is 5.75 Å². The predicted octanol–water partition coefficient (Wildman–Crippen LogP) is 3.36. The van der Waals surface area contributed by atoms with Gasteiger partial charge < -0.3 is 35.6 Å². The van der Waals surface area contributed by atoms with E-state index in [-0.39, 0.29) is 29.7 Å². The van der Waals surface area contributed by atoms with E-state index in [2.05, 4.69) is 20.5 Å². The Balaban J connectivity index is 0.983. The van der Waals surface area contributed by atoms with Gasteiger partial charge >= 0.3 is 0 Å². The second-order valence-corrected chi connectivity index (χ2v) is 12.1. The van der Waals surface area contributed by atoms with Crippen LogP contribution in [-0.4, -0.2) is 76.6 Å². The highest BCUT2D eigenvalue weighted by molar-refractivity contribution is 5.90. The summed E-state index contributed by atoms with van der Waals surface area (Å²) < 4.78 is 0. The summed E-state index contributed by atoms with van der Waals surface area (Å²) in [6, 6.07) is 13.6. The number of rotatable bonds is 13. The molecule has 5 N–H and O–H groups in total. The van der Waals surface area contributed by atoms with Crippen LogP contribution in [0.1, 0.15) is 55.8 Å². The summed E-state index contributed by atoms with van der Waals surface area (Å²) in [5.74, 6) is 1.69. The lowest BCUT2D eigenvalue weighted by Crippen LogP contribution is -2.32. The molecule has 230 valence electrons. The summed E-state index contributed by atoms with van der Waals surface area (Å²) in [4.78, 5) is 43.4. The Hall–Kier alpha value is -3.73. The van der Waals surface area contributed by atoms with E-state index in [0.29, 0.717) is 54.5 Å². The fraction of sp³-hybridized carbons (Fsp3) is 0.485. The number of nitrogens with one attached hydrogen (secondary N) is 3. The number of phenols is 1. The predicted molar refractivity (Wildman–Crippen MR) is 167 cm³/mol. The zero-order chi connectivity index (χ0) is 30.3. The number of fused-ring (bicyclic) bond motifs is 2. The molecule has 0 spiro atoms. The highest BCUT2D eigenvalue weighted by Gasteiger charge is 2.35. The topological polar surface area (TPSA) is 138 Å². The first-order valence-electron chi connectivity index (χ1n) is 15.4. The van der Waals surface area contributed by atoms with E-state index in [1.165, 1.54) is 31.4 Å². The Morgan fingerprint density at radius 1 is 1.05 bits per heavy atom. The van der Waals surface area contributed by atoms with E-state index in [0.717, 1.165) is 37.0 Å². The number of aliphatic hydroxyl groups excluding tert-OH is 1. The lowest BCUT2D eigenvalue weighted by atomic mass is 10.0. The number of aromatic hydroxyl groups is 1. The molecule has 2 aromatic carbocycles. The molecule has 2 aliphatic rings. The van der Waals surface area contributed by atoms with Crippen LogP contribution in [0.25, 0.3) is 10.9 Å². The van der Waals surface area contributed by atoms with Crippen molar-refractivity contribution in [2.24, 2.45) is 11.8 Å². The van der Waals surface area contributed by atoms with Gasteiger partial charge in [0.15, 0.2) is 0 Å². The summed E-state index contributed by atoms with van der Waals surface area (Å²) in [7, 11) is 1.82. The number of pyridine rings is 1.